The molecule has 2 fully saturated rings. The summed E-state index contributed by atoms with van der Waals surface area (Å²) in [6.07, 6.45) is 3.27. The zero-order valence-electron chi connectivity index (χ0n) is 25.9. The summed E-state index contributed by atoms with van der Waals surface area (Å²) in [6, 6.07) is 9.80. The smallest absolute Gasteiger partial charge is 0.461 e. The fourth-order valence-electron chi connectivity index (χ4n) is 5.32. The van der Waals surface area contributed by atoms with Crippen molar-refractivity contribution in [3.63, 3.8) is 0 Å². The molecule has 2 aromatic carbocycles. The Balaban J connectivity index is 1.49. The van der Waals surface area contributed by atoms with Crippen LogP contribution in [0.4, 0.5) is 8.78 Å². The molecule has 0 radical (unpaired) electrons. The number of hydrogen-bond donors (Lipinski definition) is 1. The van der Waals surface area contributed by atoms with E-state index in [1.807, 2.05) is 33.8 Å². The molecule has 3 heterocycles. The summed E-state index contributed by atoms with van der Waals surface area (Å²) < 4.78 is 49.6. The lowest BCUT2D eigenvalue weighted by molar-refractivity contribution is 0.00578. The zero-order valence-corrected chi connectivity index (χ0v) is 27.5. The van der Waals surface area contributed by atoms with E-state index in [0.717, 1.165) is 48.0 Å². The fraction of sp³-hybridized carbons (Fsp3) is 0.406. The second-order valence-electron chi connectivity index (χ2n) is 12.5. The molecule has 2 N–H and O–H groups in total. The standard InChI is InChI=1S/C32H35BF2N4O4S2/c1-6-41-29(40)25-17-44-30(37-25)39-26(15-18-7-8-18)21(13-19-9-12-27(45-36)24(35)14-19)28(38-39)20-10-11-23(34)22(16-20)33-42-31(2,3)32(4,5)43-33/h9-12,14,16-18H,6-8,13,15,36H2,1-5H3. The Morgan fingerprint density at radius 1 is 1.13 bits per heavy atom. The number of carbonyl (C=O) groups excluding carboxylic acids is 1. The van der Waals surface area contributed by atoms with E-state index < -0.39 is 35.9 Å². The molecule has 1 aliphatic heterocycles. The Labute approximate surface area is 269 Å². The van der Waals surface area contributed by atoms with Gasteiger partial charge in [0.15, 0.2) is 5.69 Å². The van der Waals surface area contributed by atoms with Crippen LogP contribution in [0, 0.1) is 17.6 Å². The van der Waals surface area contributed by atoms with Crippen molar-refractivity contribution in [3.8, 4) is 16.4 Å². The molecule has 0 spiro atoms. The third-order valence-electron chi connectivity index (χ3n) is 8.71. The van der Waals surface area contributed by atoms with Gasteiger partial charge in [0.05, 0.1) is 34.1 Å². The third-order valence-corrected chi connectivity index (χ3v) is 10.1. The molecule has 8 nitrogen and oxygen atoms in total. The lowest BCUT2D eigenvalue weighted by atomic mass is 9.77. The number of aromatic nitrogens is 3. The number of hydrogen-bond acceptors (Lipinski definition) is 9. The van der Waals surface area contributed by atoms with Gasteiger partial charge in [-0.15, -0.1) is 11.3 Å². The molecule has 0 bridgehead atoms. The Morgan fingerprint density at radius 2 is 1.87 bits per heavy atom. The molecule has 0 unspecified atom stereocenters. The Kier molecular flexibility index (Phi) is 8.68. The van der Waals surface area contributed by atoms with Crippen LogP contribution in [-0.4, -0.2) is 45.7 Å². The van der Waals surface area contributed by atoms with Gasteiger partial charge in [-0.3, -0.25) is 5.14 Å². The van der Waals surface area contributed by atoms with Crippen molar-refractivity contribution in [2.45, 2.75) is 76.4 Å². The van der Waals surface area contributed by atoms with Crippen molar-refractivity contribution in [2.75, 3.05) is 6.61 Å². The van der Waals surface area contributed by atoms with Gasteiger partial charge in [-0.05, 0) is 102 Å². The van der Waals surface area contributed by atoms with E-state index in [4.69, 9.17) is 24.3 Å². The normalized spacial score (nSPS) is 17.2. The quantitative estimate of drug-likeness (QED) is 0.122. The first-order chi connectivity index (χ1) is 21.4. The summed E-state index contributed by atoms with van der Waals surface area (Å²) in [5.41, 5.74) is 2.96. The summed E-state index contributed by atoms with van der Waals surface area (Å²) in [5, 5.41) is 12.8. The SMILES string of the molecule is CCOC(=O)c1csc(-n2nc(-c3ccc(F)c(B4OC(C)(C)C(C)(C)O4)c3)c(Cc3ccc(SN)c(F)c3)c2CC2CC2)n1. The molecule has 2 aliphatic rings. The third kappa shape index (κ3) is 6.33. The highest BCUT2D eigenvalue weighted by Crippen LogP contribution is 2.40. The number of halogens is 2. The first-order valence-electron chi connectivity index (χ1n) is 14.9. The second kappa shape index (κ2) is 12.3. The molecule has 1 saturated carbocycles. The largest absolute Gasteiger partial charge is 0.497 e. The van der Waals surface area contributed by atoms with Gasteiger partial charge in [0.2, 0.25) is 5.13 Å². The molecule has 2 aromatic heterocycles. The van der Waals surface area contributed by atoms with E-state index in [-0.39, 0.29) is 17.8 Å². The minimum Gasteiger partial charge on any atom is -0.461 e. The van der Waals surface area contributed by atoms with Crippen LogP contribution in [0.25, 0.3) is 16.4 Å². The van der Waals surface area contributed by atoms with E-state index in [0.29, 0.717) is 33.6 Å². The predicted molar refractivity (Wildman–Crippen MR) is 172 cm³/mol. The highest BCUT2D eigenvalue weighted by molar-refractivity contribution is 7.97. The molecule has 236 valence electrons. The number of ether oxygens (including phenoxy) is 1. The van der Waals surface area contributed by atoms with Crippen LogP contribution in [0.15, 0.2) is 46.7 Å². The van der Waals surface area contributed by atoms with Crippen LogP contribution < -0.4 is 10.6 Å². The van der Waals surface area contributed by atoms with Crippen LogP contribution in [0.1, 0.15) is 74.8 Å². The van der Waals surface area contributed by atoms with Gasteiger partial charge in [0.25, 0.3) is 0 Å². The zero-order chi connectivity index (χ0) is 32.1. The Morgan fingerprint density at radius 3 is 2.51 bits per heavy atom. The maximum Gasteiger partial charge on any atom is 0.497 e. The summed E-state index contributed by atoms with van der Waals surface area (Å²) in [4.78, 5) is 17.4. The van der Waals surface area contributed by atoms with E-state index in [2.05, 4.69) is 4.98 Å². The van der Waals surface area contributed by atoms with Gasteiger partial charge in [-0.1, -0.05) is 12.1 Å². The van der Waals surface area contributed by atoms with E-state index in [1.54, 1.807) is 35.2 Å². The van der Waals surface area contributed by atoms with Crippen LogP contribution in [-0.2, 0) is 26.9 Å². The van der Waals surface area contributed by atoms with E-state index >= 15 is 4.39 Å². The number of nitrogens with two attached hydrogens (primary N) is 1. The van der Waals surface area contributed by atoms with Gasteiger partial charge >= 0.3 is 13.1 Å². The number of rotatable bonds is 10. The van der Waals surface area contributed by atoms with Crippen molar-refractivity contribution >= 4 is 41.8 Å². The number of nitrogens with zero attached hydrogens (tertiary/aromatic N) is 3. The minimum atomic E-state index is -0.909. The average Bonchev–Trinajstić information content (AvgIpc) is 3.46. The van der Waals surface area contributed by atoms with Gasteiger partial charge in [-0.25, -0.2) is 23.2 Å². The molecular weight excluding hydrogens is 617 g/mol. The van der Waals surface area contributed by atoms with Crippen LogP contribution in [0.5, 0.6) is 0 Å². The summed E-state index contributed by atoms with van der Waals surface area (Å²) >= 11 is 2.15. The monoisotopic (exact) mass is 652 g/mol. The average molecular weight is 653 g/mol. The maximum atomic E-state index is 15.4. The Hall–Kier alpha value is -3.10. The summed E-state index contributed by atoms with van der Waals surface area (Å²) in [7, 11) is -0.909. The fourth-order valence-corrected chi connectivity index (χ4v) is 6.41. The van der Waals surface area contributed by atoms with Crippen molar-refractivity contribution in [2.24, 2.45) is 11.1 Å². The van der Waals surface area contributed by atoms with Crippen molar-refractivity contribution < 1.29 is 27.6 Å². The van der Waals surface area contributed by atoms with Crippen LogP contribution in [0.2, 0.25) is 0 Å². The highest BCUT2D eigenvalue weighted by Gasteiger charge is 2.52. The number of benzene rings is 2. The van der Waals surface area contributed by atoms with Gasteiger partial charge in [0, 0.05) is 28.4 Å². The number of thiazole rings is 1. The number of carbonyl (C=O) groups is 1. The molecule has 6 rings (SSSR count). The Bertz CT molecular complexity index is 1740. The summed E-state index contributed by atoms with van der Waals surface area (Å²) in [6.45, 7) is 9.67. The molecule has 1 aliphatic carbocycles. The van der Waals surface area contributed by atoms with Crippen LogP contribution in [0.3, 0.4) is 0 Å². The maximum absolute atomic E-state index is 15.4. The van der Waals surface area contributed by atoms with Gasteiger partial charge < -0.3 is 14.0 Å². The van der Waals surface area contributed by atoms with Crippen LogP contribution >= 0.6 is 23.3 Å². The molecule has 1 saturated heterocycles. The second-order valence-corrected chi connectivity index (χ2v) is 14.0. The van der Waals surface area contributed by atoms with Crippen molar-refractivity contribution in [1.82, 2.24) is 14.8 Å². The number of esters is 1. The first-order valence-corrected chi connectivity index (χ1v) is 16.7. The molecular formula is C32H35BF2N4O4S2. The topological polar surface area (TPSA) is 101 Å². The lowest BCUT2D eigenvalue weighted by Gasteiger charge is -2.32. The predicted octanol–water partition coefficient (Wildman–Crippen LogP) is 6.26. The molecule has 13 heteroatoms. The lowest BCUT2D eigenvalue weighted by Crippen LogP contribution is -2.41. The van der Waals surface area contributed by atoms with Gasteiger partial charge in [0.1, 0.15) is 11.6 Å². The minimum absolute atomic E-state index is 0.203. The molecule has 0 amide bonds. The highest BCUT2D eigenvalue weighted by atomic mass is 32.2. The molecule has 0 atom stereocenters. The van der Waals surface area contributed by atoms with Crippen molar-refractivity contribution in [1.29, 1.82) is 0 Å². The first kappa shape index (κ1) is 31.9. The van der Waals surface area contributed by atoms with Crippen molar-refractivity contribution in [3.05, 3.63) is 75.9 Å². The molecule has 45 heavy (non-hydrogen) atoms. The van der Waals surface area contributed by atoms with E-state index in [9.17, 15) is 9.18 Å². The summed E-state index contributed by atoms with van der Waals surface area (Å²) in [5.74, 6) is -0.887. The van der Waals surface area contributed by atoms with E-state index in [1.165, 1.54) is 23.5 Å². The molecule has 4 aromatic rings. The van der Waals surface area contributed by atoms with Gasteiger partial charge in [-0.2, -0.15) is 5.10 Å².